The lowest BCUT2D eigenvalue weighted by molar-refractivity contribution is 0.121. The van der Waals surface area contributed by atoms with Crippen molar-refractivity contribution in [1.29, 1.82) is 0 Å². The first-order chi connectivity index (χ1) is 10.5. The van der Waals surface area contributed by atoms with Gasteiger partial charge in [-0.2, -0.15) is 0 Å². The normalized spacial score (nSPS) is 30.6. The molecule has 1 fully saturated rings. The van der Waals surface area contributed by atoms with E-state index in [9.17, 15) is 5.11 Å². The third-order valence-electron chi connectivity index (χ3n) is 5.95. The summed E-state index contributed by atoms with van der Waals surface area (Å²) >= 11 is 0. The second kappa shape index (κ2) is 5.64. The van der Waals surface area contributed by atoms with Gasteiger partial charge in [0, 0.05) is 11.0 Å². The summed E-state index contributed by atoms with van der Waals surface area (Å²) in [7, 11) is 1.64. The maximum Gasteiger partial charge on any atom is 0.161 e. The predicted octanol–water partition coefficient (Wildman–Crippen LogP) is 4.99. The number of rotatable bonds is 3. The Bertz CT molecular complexity index is 590. The Kier molecular flexibility index (Phi) is 3.96. The number of hydrogen-bond donors (Lipinski definition) is 1. The van der Waals surface area contributed by atoms with E-state index < -0.39 is 0 Å². The van der Waals surface area contributed by atoms with Crippen LogP contribution in [-0.2, 0) is 11.8 Å². The fraction of sp³-hybridized carbons (Fsp3) is 0.600. The number of aromatic hydroxyl groups is 1. The molecule has 0 heterocycles. The standard InChI is InChI=1S/C20H28O2/c1-5-10-20-12-13(2)6-8-16(20)14(3)11-15-7-9-17(22-4)19(21)18(15)20/h7,9,14,16,21H,2,5-6,8,10-12H2,1,3-4H3. The molecule has 1 aromatic carbocycles. The molecule has 1 N–H and O–H groups in total. The average molecular weight is 300 g/mol. The SMILES string of the molecule is C=C1CCC2C(C)Cc3ccc(OC)c(O)c3C2(CCC)C1. The van der Waals surface area contributed by atoms with Gasteiger partial charge in [-0.15, -0.1) is 0 Å². The van der Waals surface area contributed by atoms with E-state index in [0.717, 1.165) is 37.7 Å². The van der Waals surface area contributed by atoms with Crippen molar-refractivity contribution < 1.29 is 9.84 Å². The van der Waals surface area contributed by atoms with E-state index in [1.807, 2.05) is 6.07 Å². The molecule has 3 unspecified atom stereocenters. The molecular formula is C20H28O2. The molecule has 0 amide bonds. The Labute approximate surface area is 134 Å². The minimum absolute atomic E-state index is 0.0513. The van der Waals surface area contributed by atoms with Gasteiger partial charge in [0.15, 0.2) is 11.5 Å². The minimum Gasteiger partial charge on any atom is -0.504 e. The van der Waals surface area contributed by atoms with Gasteiger partial charge in [-0.3, -0.25) is 0 Å². The summed E-state index contributed by atoms with van der Waals surface area (Å²) in [5, 5.41) is 10.9. The van der Waals surface area contributed by atoms with Gasteiger partial charge in [-0.1, -0.05) is 38.5 Å². The first-order valence-electron chi connectivity index (χ1n) is 8.59. The lowest BCUT2D eigenvalue weighted by Gasteiger charge is -2.52. The van der Waals surface area contributed by atoms with Crippen molar-refractivity contribution in [3.63, 3.8) is 0 Å². The first kappa shape index (κ1) is 15.5. The summed E-state index contributed by atoms with van der Waals surface area (Å²) in [5.74, 6) is 2.29. The van der Waals surface area contributed by atoms with E-state index in [2.05, 4.69) is 26.5 Å². The van der Waals surface area contributed by atoms with E-state index in [-0.39, 0.29) is 5.41 Å². The van der Waals surface area contributed by atoms with Crippen LogP contribution in [0.3, 0.4) is 0 Å². The van der Waals surface area contributed by atoms with E-state index in [0.29, 0.717) is 23.3 Å². The van der Waals surface area contributed by atoms with Gasteiger partial charge in [0.1, 0.15) is 0 Å². The number of hydrogen-bond acceptors (Lipinski definition) is 2. The zero-order valence-electron chi connectivity index (χ0n) is 14.1. The van der Waals surface area contributed by atoms with Crippen LogP contribution in [0.15, 0.2) is 24.3 Å². The lowest BCUT2D eigenvalue weighted by Crippen LogP contribution is -2.46. The summed E-state index contributed by atoms with van der Waals surface area (Å²) in [5.41, 5.74) is 3.87. The van der Waals surface area contributed by atoms with Gasteiger partial charge < -0.3 is 9.84 Å². The van der Waals surface area contributed by atoms with Crippen molar-refractivity contribution in [2.75, 3.05) is 7.11 Å². The Morgan fingerprint density at radius 3 is 2.86 bits per heavy atom. The van der Waals surface area contributed by atoms with E-state index in [4.69, 9.17) is 4.74 Å². The second-order valence-corrected chi connectivity index (χ2v) is 7.31. The molecule has 0 bridgehead atoms. The molecule has 120 valence electrons. The largest absolute Gasteiger partial charge is 0.504 e. The highest BCUT2D eigenvalue weighted by molar-refractivity contribution is 5.56. The van der Waals surface area contributed by atoms with Gasteiger partial charge >= 0.3 is 0 Å². The molecule has 2 aliphatic rings. The van der Waals surface area contributed by atoms with Crippen LogP contribution < -0.4 is 4.74 Å². The van der Waals surface area contributed by atoms with Crippen LogP contribution in [0.1, 0.15) is 57.1 Å². The Balaban J connectivity index is 2.23. The lowest BCUT2D eigenvalue weighted by atomic mass is 9.52. The number of benzene rings is 1. The van der Waals surface area contributed by atoms with Crippen molar-refractivity contribution in [3.05, 3.63) is 35.4 Å². The van der Waals surface area contributed by atoms with Crippen molar-refractivity contribution in [3.8, 4) is 11.5 Å². The Hall–Kier alpha value is -1.44. The summed E-state index contributed by atoms with van der Waals surface area (Å²) in [6.07, 6.45) is 6.68. The molecule has 1 aromatic rings. The van der Waals surface area contributed by atoms with Crippen LogP contribution in [0.25, 0.3) is 0 Å². The van der Waals surface area contributed by atoms with E-state index in [1.165, 1.54) is 17.6 Å². The number of ether oxygens (including phenoxy) is 1. The first-order valence-corrected chi connectivity index (χ1v) is 8.59. The highest BCUT2D eigenvalue weighted by Gasteiger charge is 2.50. The summed E-state index contributed by atoms with van der Waals surface area (Å²) in [6.45, 7) is 8.92. The topological polar surface area (TPSA) is 29.5 Å². The molecule has 0 radical (unpaired) electrons. The van der Waals surface area contributed by atoms with Crippen molar-refractivity contribution in [1.82, 2.24) is 0 Å². The summed E-state index contributed by atoms with van der Waals surface area (Å²) in [6, 6.07) is 4.08. The number of phenols is 1. The minimum atomic E-state index is 0.0513. The van der Waals surface area contributed by atoms with Crippen molar-refractivity contribution >= 4 is 0 Å². The molecule has 0 spiro atoms. The average Bonchev–Trinajstić information content (AvgIpc) is 2.47. The maximum atomic E-state index is 10.9. The monoisotopic (exact) mass is 300 g/mol. The van der Waals surface area contributed by atoms with Crippen LogP contribution >= 0.6 is 0 Å². The van der Waals surface area contributed by atoms with Crippen LogP contribution in [0.4, 0.5) is 0 Å². The third-order valence-corrected chi connectivity index (χ3v) is 5.95. The number of methoxy groups -OCH3 is 1. The van der Waals surface area contributed by atoms with E-state index >= 15 is 0 Å². The molecule has 0 aromatic heterocycles. The molecule has 22 heavy (non-hydrogen) atoms. The molecule has 3 atom stereocenters. The second-order valence-electron chi connectivity index (χ2n) is 7.31. The molecule has 2 aliphatic carbocycles. The number of fused-ring (bicyclic) bond motifs is 3. The highest BCUT2D eigenvalue weighted by atomic mass is 16.5. The fourth-order valence-electron chi connectivity index (χ4n) is 5.24. The smallest absolute Gasteiger partial charge is 0.161 e. The van der Waals surface area contributed by atoms with Gasteiger partial charge in [0.05, 0.1) is 7.11 Å². The molecule has 1 saturated carbocycles. The van der Waals surface area contributed by atoms with Crippen LogP contribution in [0, 0.1) is 11.8 Å². The fourth-order valence-corrected chi connectivity index (χ4v) is 5.24. The molecular weight excluding hydrogens is 272 g/mol. The molecule has 2 nitrogen and oxygen atoms in total. The van der Waals surface area contributed by atoms with Crippen LogP contribution in [-0.4, -0.2) is 12.2 Å². The molecule has 0 aliphatic heterocycles. The number of phenolic OH excluding ortho intramolecular Hbond substituents is 1. The van der Waals surface area contributed by atoms with Crippen LogP contribution in [0.5, 0.6) is 11.5 Å². The molecule has 3 rings (SSSR count). The van der Waals surface area contributed by atoms with Gasteiger partial charge in [-0.05, 0) is 55.6 Å². The summed E-state index contributed by atoms with van der Waals surface area (Å²) in [4.78, 5) is 0. The quantitative estimate of drug-likeness (QED) is 0.797. The third kappa shape index (κ3) is 2.15. The Morgan fingerprint density at radius 2 is 2.18 bits per heavy atom. The zero-order chi connectivity index (χ0) is 15.9. The van der Waals surface area contributed by atoms with E-state index in [1.54, 1.807) is 7.11 Å². The van der Waals surface area contributed by atoms with Crippen molar-refractivity contribution in [2.24, 2.45) is 11.8 Å². The van der Waals surface area contributed by atoms with Gasteiger partial charge in [-0.25, -0.2) is 0 Å². The predicted molar refractivity (Wildman–Crippen MR) is 90.6 cm³/mol. The summed E-state index contributed by atoms with van der Waals surface area (Å²) < 4.78 is 5.40. The van der Waals surface area contributed by atoms with Crippen LogP contribution in [0.2, 0.25) is 0 Å². The number of allylic oxidation sites excluding steroid dienone is 1. The van der Waals surface area contributed by atoms with Gasteiger partial charge in [0.25, 0.3) is 0 Å². The van der Waals surface area contributed by atoms with Crippen molar-refractivity contribution in [2.45, 2.75) is 57.8 Å². The molecule has 0 saturated heterocycles. The Morgan fingerprint density at radius 1 is 1.41 bits per heavy atom. The maximum absolute atomic E-state index is 10.9. The molecule has 2 heteroatoms. The van der Waals surface area contributed by atoms with Gasteiger partial charge in [0.2, 0.25) is 0 Å². The highest BCUT2D eigenvalue weighted by Crippen LogP contribution is 2.58. The zero-order valence-corrected chi connectivity index (χ0v) is 14.1.